The number of nitrogens with zero attached hydrogens (tertiary/aromatic N) is 1. The van der Waals surface area contributed by atoms with Gasteiger partial charge in [-0.15, -0.1) is 0 Å². The Hall–Kier alpha value is -1.10. The number of nitrogens with two attached hydrogens (primary N) is 1. The Balaban J connectivity index is 5.00. The maximum Gasteiger partial charge on any atom is 0.331 e. The third-order valence-electron chi connectivity index (χ3n) is 2.92. The van der Waals surface area contributed by atoms with Crippen LogP contribution >= 0.6 is 0 Å². The van der Waals surface area contributed by atoms with Gasteiger partial charge in [-0.2, -0.15) is 0 Å². The molecule has 18 heavy (non-hydrogen) atoms. The van der Waals surface area contributed by atoms with Gasteiger partial charge in [-0.25, -0.2) is 4.79 Å². The van der Waals surface area contributed by atoms with E-state index in [1.165, 1.54) is 12.0 Å². The average Bonchev–Trinajstić information content (AvgIpc) is 2.25. The number of methoxy groups -OCH3 is 1. The minimum Gasteiger partial charge on any atom is -0.467 e. The Kier molecular flexibility index (Phi) is 5.80. The molecule has 0 heterocycles. The smallest absolute Gasteiger partial charge is 0.331 e. The lowest BCUT2D eigenvalue weighted by Crippen LogP contribution is -2.55. The Morgan fingerprint density at radius 2 is 1.67 bits per heavy atom. The number of carbonyl (C=O) groups is 2. The molecule has 5 heteroatoms. The molecule has 1 amide bonds. The lowest BCUT2D eigenvalue weighted by atomic mass is 9.91. The van der Waals surface area contributed by atoms with Crippen molar-refractivity contribution in [3.05, 3.63) is 0 Å². The van der Waals surface area contributed by atoms with Crippen molar-refractivity contribution >= 4 is 11.9 Å². The van der Waals surface area contributed by atoms with Gasteiger partial charge in [0.15, 0.2) is 0 Å². The highest BCUT2D eigenvalue weighted by Gasteiger charge is 2.38. The van der Waals surface area contributed by atoms with Gasteiger partial charge in [-0.1, -0.05) is 20.8 Å². The van der Waals surface area contributed by atoms with Crippen molar-refractivity contribution in [1.29, 1.82) is 0 Å². The lowest BCUT2D eigenvalue weighted by molar-refractivity contribution is -0.159. The predicted molar refractivity (Wildman–Crippen MR) is 70.9 cm³/mol. The highest BCUT2D eigenvalue weighted by Crippen LogP contribution is 2.23. The fourth-order valence-corrected chi connectivity index (χ4v) is 1.63. The van der Waals surface area contributed by atoms with Crippen LogP contribution in [-0.2, 0) is 14.3 Å². The summed E-state index contributed by atoms with van der Waals surface area (Å²) in [5, 5.41) is 0. The van der Waals surface area contributed by atoms with E-state index in [1.54, 1.807) is 13.8 Å². The molecule has 0 atom stereocenters. The molecular formula is C13H26N2O3. The monoisotopic (exact) mass is 258 g/mol. The lowest BCUT2D eigenvalue weighted by Gasteiger charge is -2.37. The number of rotatable bonds is 5. The first kappa shape index (κ1) is 16.9. The van der Waals surface area contributed by atoms with Gasteiger partial charge in [0.05, 0.1) is 13.7 Å². The molecule has 0 aliphatic heterocycles. The number of hydrogen-bond donors (Lipinski definition) is 1. The van der Waals surface area contributed by atoms with Gasteiger partial charge in [0, 0.05) is 6.54 Å². The van der Waals surface area contributed by atoms with Crippen LogP contribution in [0.4, 0.5) is 0 Å². The molecule has 0 saturated carbocycles. The minimum absolute atomic E-state index is 0.0827. The zero-order chi connectivity index (χ0) is 14.6. The second kappa shape index (κ2) is 6.18. The third kappa shape index (κ3) is 4.64. The summed E-state index contributed by atoms with van der Waals surface area (Å²) in [5.74, 6) is -0.673. The molecule has 0 saturated heterocycles. The second-order valence-corrected chi connectivity index (χ2v) is 6.11. The number of carbonyl (C=O) groups excluding carboxylic acids is 2. The van der Waals surface area contributed by atoms with Crippen LogP contribution in [-0.4, -0.2) is 42.5 Å². The van der Waals surface area contributed by atoms with Crippen LogP contribution in [0.25, 0.3) is 0 Å². The van der Waals surface area contributed by atoms with E-state index in [-0.39, 0.29) is 17.9 Å². The second-order valence-electron chi connectivity index (χ2n) is 6.11. The summed E-state index contributed by atoms with van der Waals surface area (Å²) in [7, 11) is 1.32. The Bertz CT molecular complexity index is 306. The van der Waals surface area contributed by atoms with E-state index < -0.39 is 11.5 Å². The summed E-state index contributed by atoms with van der Waals surface area (Å²) >= 11 is 0. The summed E-state index contributed by atoms with van der Waals surface area (Å²) in [6, 6.07) is 0. The maximum absolute atomic E-state index is 11.9. The number of amides is 1. The first-order valence-corrected chi connectivity index (χ1v) is 6.15. The number of esters is 1. The fourth-order valence-electron chi connectivity index (χ4n) is 1.63. The van der Waals surface area contributed by atoms with Crippen molar-refractivity contribution in [2.45, 2.75) is 46.6 Å². The molecule has 0 bridgehead atoms. The van der Waals surface area contributed by atoms with Crippen LogP contribution < -0.4 is 5.73 Å². The molecule has 2 N–H and O–H groups in total. The maximum atomic E-state index is 11.9. The van der Waals surface area contributed by atoms with Crippen molar-refractivity contribution in [3.8, 4) is 0 Å². The molecule has 106 valence electrons. The van der Waals surface area contributed by atoms with E-state index in [1.807, 2.05) is 0 Å². The molecule has 0 unspecified atom stereocenters. The first-order chi connectivity index (χ1) is 8.06. The first-order valence-electron chi connectivity index (χ1n) is 6.15. The van der Waals surface area contributed by atoms with Gasteiger partial charge in [0.2, 0.25) is 5.91 Å². The van der Waals surface area contributed by atoms with Crippen molar-refractivity contribution in [2.75, 3.05) is 20.2 Å². The summed E-state index contributed by atoms with van der Waals surface area (Å²) < 4.78 is 4.75. The topological polar surface area (TPSA) is 72.6 Å². The normalized spacial score (nSPS) is 12.2. The van der Waals surface area contributed by atoms with Gasteiger partial charge in [0.25, 0.3) is 0 Å². The molecule has 0 fully saturated rings. The van der Waals surface area contributed by atoms with E-state index in [0.717, 1.165) is 6.42 Å². The molecular weight excluding hydrogens is 232 g/mol. The van der Waals surface area contributed by atoms with Crippen LogP contribution in [0.2, 0.25) is 0 Å². The SMILES string of the molecule is COC(=O)C(C)(C)N(CCC(C)(C)C)C(=O)CN. The zero-order valence-corrected chi connectivity index (χ0v) is 12.4. The standard InChI is InChI=1S/C13H26N2O3/c1-12(2,3)7-8-15(10(16)9-14)13(4,5)11(17)18-6/h7-9,14H2,1-6H3. The third-order valence-corrected chi connectivity index (χ3v) is 2.92. The van der Waals surface area contributed by atoms with Gasteiger partial charge in [0.1, 0.15) is 5.54 Å². The van der Waals surface area contributed by atoms with E-state index >= 15 is 0 Å². The molecule has 0 rings (SSSR count). The predicted octanol–water partition coefficient (Wildman–Crippen LogP) is 1.16. The number of hydrogen-bond acceptors (Lipinski definition) is 4. The van der Waals surface area contributed by atoms with E-state index in [4.69, 9.17) is 10.5 Å². The summed E-state index contributed by atoms with van der Waals surface area (Å²) in [6.07, 6.45) is 0.791. The largest absolute Gasteiger partial charge is 0.467 e. The van der Waals surface area contributed by atoms with Crippen LogP contribution in [0.5, 0.6) is 0 Å². The van der Waals surface area contributed by atoms with Gasteiger partial charge < -0.3 is 15.4 Å². The Morgan fingerprint density at radius 1 is 1.17 bits per heavy atom. The van der Waals surface area contributed by atoms with Gasteiger partial charge in [-0.05, 0) is 25.7 Å². The van der Waals surface area contributed by atoms with Crippen molar-refractivity contribution in [3.63, 3.8) is 0 Å². The average molecular weight is 258 g/mol. The minimum atomic E-state index is -0.990. The molecule has 0 aliphatic carbocycles. The number of ether oxygens (including phenoxy) is 1. The summed E-state index contributed by atoms with van der Waals surface area (Å²) in [5.41, 5.74) is 4.50. The van der Waals surface area contributed by atoms with E-state index in [2.05, 4.69) is 20.8 Å². The van der Waals surface area contributed by atoms with Crippen molar-refractivity contribution in [1.82, 2.24) is 4.90 Å². The Morgan fingerprint density at radius 3 is 2.00 bits per heavy atom. The van der Waals surface area contributed by atoms with Crippen LogP contribution in [0.15, 0.2) is 0 Å². The van der Waals surface area contributed by atoms with Crippen molar-refractivity contribution in [2.24, 2.45) is 11.1 Å². The molecule has 5 nitrogen and oxygen atoms in total. The quantitative estimate of drug-likeness (QED) is 0.751. The molecule has 0 aliphatic rings. The Labute approximate surface area is 110 Å². The highest BCUT2D eigenvalue weighted by molar-refractivity contribution is 5.88. The summed E-state index contributed by atoms with van der Waals surface area (Å²) in [4.78, 5) is 25.2. The van der Waals surface area contributed by atoms with E-state index in [0.29, 0.717) is 6.54 Å². The highest BCUT2D eigenvalue weighted by atomic mass is 16.5. The summed E-state index contributed by atoms with van der Waals surface area (Å²) in [6.45, 7) is 9.99. The van der Waals surface area contributed by atoms with Gasteiger partial charge in [-0.3, -0.25) is 4.79 Å². The van der Waals surface area contributed by atoms with Crippen LogP contribution in [0, 0.1) is 5.41 Å². The fraction of sp³-hybridized carbons (Fsp3) is 0.846. The molecule has 0 aromatic carbocycles. The molecule has 0 aromatic rings. The van der Waals surface area contributed by atoms with E-state index in [9.17, 15) is 9.59 Å². The molecule has 0 radical (unpaired) electrons. The zero-order valence-electron chi connectivity index (χ0n) is 12.4. The molecule has 0 spiro atoms. The molecule has 0 aromatic heterocycles. The van der Waals surface area contributed by atoms with Crippen LogP contribution in [0.1, 0.15) is 41.0 Å². The van der Waals surface area contributed by atoms with Gasteiger partial charge >= 0.3 is 5.97 Å². The van der Waals surface area contributed by atoms with Crippen molar-refractivity contribution < 1.29 is 14.3 Å². The van der Waals surface area contributed by atoms with Crippen LogP contribution in [0.3, 0.4) is 0 Å².